The summed E-state index contributed by atoms with van der Waals surface area (Å²) in [5.41, 5.74) is 2.55. The number of rotatable bonds is 3. The Hall–Kier alpha value is -1.84. The maximum absolute atomic E-state index is 6.07. The van der Waals surface area contributed by atoms with Crippen LogP contribution in [0.25, 0.3) is 0 Å². The van der Waals surface area contributed by atoms with Gasteiger partial charge in [-0.3, -0.25) is 0 Å². The van der Waals surface area contributed by atoms with Crippen LogP contribution in [0.3, 0.4) is 0 Å². The molecule has 1 aliphatic rings. The second-order valence-corrected chi connectivity index (χ2v) is 6.70. The first-order valence-electron chi connectivity index (χ1n) is 7.65. The number of benzene rings is 2. The zero-order valence-electron chi connectivity index (χ0n) is 13.6. The highest BCUT2D eigenvalue weighted by atomic mass is 16.7. The van der Waals surface area contributed by atoms with E-state index < -0.39 is 0 Å². The van der Waals surface area contributed by atoms with Crippen LogP contribution in [0.5, 0.6) is 0 Å². The second-order valence-electron chi connectivity index (χ2n) is 6.70. The molecule has 0 atom stereocenters. The SMILES string of the molecule is CC1(C)OC(c2ccc(Nc3ccccc3)cc2)OC1(C)C. The number of para-hydroxylation sites is 1. The lowest BCUT2D eigenvalue weighted by molar-refractivity contribution is -0.0895. The van der Waals surface area contributed by atoms with Crippen molar-refractivity contribution in [2.24, 2.45) is 0 Å². The molecule has 3 nitrogen and oxygen atoms in total. The van der Waals surface area contributed by atoms with Crippen LogP contribution in [0, 0.1) is 0 Å². The van der Waals surface area contributed by atoms with Crippen molar-refractivity contribution < 1.29 is 9.47 Å². The summed E-state index contributed by atoms with van der Waals surface area (Å²) >= 11 is 0. The molecule has 0 saturated carbocycles. The number of ether oxygens (including phenoxy) is 2. The molecule has 0 radical (unpaired) electrons. The summed E-state index contributed by atoms with van der Waals surface area (Å²) in [6, 6.07) is 18.3. The molecule has 0 aromatic heterocycles. The zero-order chi connectivity index (χ0) is 15.8. The van der Waals surface area contributed by atoms with Crippen LogP contribution in [-0.2, 0) is 9.47 Å². The Bertz CT molecular complexity index is 616. The molecule has 22 heavy (non-hydrogen) atoms. The average molecular weight is 297 g/mol. The predicted octanol–water partition coefficient (Wildman–Crippen LogP) is 5.03. The fraction of sp³-hybridized carbons (Fsp3) is 0.368. The first kappa shape index (κ1) is 15.1. The minimum Gasteiger partial charge on any atom is -0.356 e. The van der Waals surface area contributed by atoms with Crippen LogP contribution < -0.4 is 5.32 Å². The van der Waals surface area contributed by atoms with Crippen molar-refractivity contribution in [1.29, 1.82) is 0 Å². The fourth-order valence-electron chi connectivity index (χ4n) is 2.39. The summed E-state index contributed by atoms with van der Waals surface area (Å²) in [6.07, 6.45) is -0.309. The Balaban J connectivity index is 1.73. The van der Waals surface area contributed by atoms with E-state index in [9.17, 15) is 0 Å². The summed E-state index contributed by atoms with van der Waals surface area (Å²) in [5.74, 6) is 0. The van der Waals surface area contributed by atoms with Crippen LogP contribution in [0.2, 0.25) is 0 Å². The van der Waals surface area contributed by atoms with Crippen molar-refractivity contribution in [3.8, 4) is 0 Å². The van der Waals surface area contributed by atoms with Gasteiger partial charge in [0.05, 0.1) is 11.2 Å². The Kier molecular flexibility index (Phi) is 3.71. The first-order valence-corrected chi connectivity index (χ1v) is 7.65. The molecule has 3 heteroatoms. The Morgan fingerprint density at radius 2 is 1.23 bits per heavy atom. The molecule has 0 spiro atoms. The standard InChI is InChI=1S/C19H23NO2/c1-18(2)19(3,4)22-17(21-18)14-10-12-16(13-11-14)20-15-8-6-5-7-9-15/h5-13,17,20H,1-4H3. The highest BCUT2D eigenvalue weighted by Crippen LogP contribution is 2.44. The fourth-order valence-corrected chi connectivity index (χ4v) is 2.39. The first-order chi connectivity index (χ1) is 10.4. The highest BCUT2D eigenvalue weighted by Gasteiger charge is 2.49. The van der Waals surface area contributed by atoms with E-state index in [0.29, 0.717) is 0 Å². The summed E-state index contributed by atoms with van der Waals surface area (Å²) in [4.78, 5) is 0. The van der Waals surface area contributed by atoms with Crippen LogP contribution in [0.4, 0.5) is 11.4 Å². The van der Waals surface area contributed by atoms with Crippen molar-refractivity contribution >= 4 is 11.4 Å². The van der Waals surface area contributed by atoms with Gasteiger partial charge in [0.1, 0.15) is 0 Å². The van der Waals surface area contributed by atoms with Crippen molar-refractivity contribution in [3.05, 3.63) is 60.2 Å². The lowest BCUT2D eigenvalue weighted by atomic mass is 9.90. The molecule has 1 fully saturated rings. The molecular formula is C19H23NO2. The Labute approximate surface area is 132 Å². The lowest BCUT2D eigenvalue weighted by Crippen LogP contribution is -2.41. The van der Waals surface area contributed by atoms with Gasteiger partial charge in [-0.25, -0.2) is 0 Å². The summed E-state index contributed by atoms with van der Waals surface area (Å²) in [6.45, 7) is 8.27. The van der Waals surface area contributed by atoms with Gasteiger partial charge in [-0.15, -0.1) is 0 Å². The normalized spacial score (nSPS) is 20.0. The van der Waals surface area contributed by atoms with Gasteiger partial charge in [0.2, 0.25) is 0 Å². The number of nitrogens with one attached hydrogen (secondary N) is 1. The Morgan fingerprint density at radius 1 is 0.727 bits per heavy atom. The van der Waals surface area contributed by atoms with Gasteiger partial charge >= 0.3 is 0 Å². The van der Waals surface area contributed by atoms with Crippen LogP contribution >= 0.6 is 0 Å². The predicted molar refractivity (Wildman–Crippen MR) is 89.2 cm³/mol. The molecule has 3 rings (SSSR count). The van der Waals surface area contributed by atoms with Crippen molar-refractivity contribution in [2.45, 2.75) is 45.2 Å². The Morgan fingerprint density at radius 3 is 1.77 bits per heavy atom. The third-order valence-electron chi connectivity index (χ3n) is 4.50. The third-order valence-corrected chi connectivity index (χ3v) is 4.50. The van der Waals surface area contributed by atoms with Crippen LogP contribution in [-0.4, -0.2) is 11.2 Å². The quantitative estimate of drug-likeness (QED) is 0.861. The van der Waals surface area contributed by atoms with Crippen molar-refractivity contribution in [2.75, 3.05) is 5.32 Å². The van der Waals surface area contributed by atoms with Gasteiger partial charge in [0.25, 0.3) is 0 Å². The van der Waals surface area contributed by atoms with Gasteiger partial charge in [0.15, 0.2) is 6.29 Å². The molecule has 2 aromatic carbocycles. The third kappa shape index (κ3) is 2.87. The number of anilines is 2. The smallest absolute Gasteiger partial charge is 0.185 e. The molecule has 0 amide bonds. The molecule has 1 heterocycles. The zero-order valence-corrected chi connectivity index (χ0v) is 13.6. The van der Waals surface area contributed by atoms with Gasteiger partial charge in [0, 0.05) is 16.9 Å². The molecule has 116 valence electrons. The second kappa shape index (κ2) is 5.41. The van der Waals surface area contributed by atoms with E-state index in [-0.39, 0.29) is 17.5 Å². The monoisotopic (exact) mass is 297 g/mol. The molecule has 0 unspecified atom stereocenters. The number of hydrogen-bond donors (Lipinski definition) is 1. The maximum Gasteiger partial charge on any atom is 0.185 e. The van der Waals surface area contributed by atoms with E-state index in [1.54, 1.807) is 0 Å². The van der Waals surface area contributed by atoms with E-state index in [4.69, 9.17) is 9.47 Å². The molecule has 1 aliphatic heterocycles. The van der Waals surface area contributed by atoms with E-state index in [1.807, 2.05) is 54.6 Å². The summed E-state index contributed by atoms with van der Waals surface area (Å²) < 4.78 is 12.1. The van der Waals surface area contributed by atoms with Crippen molar-refractivity contribution in [1.82, 2.24) is 0 Å². The molecule has 0 aliphatic carbocycles. The van der Waals surface area contributed by atoms with E-state index >= 15 is 0 Å². The molecule has 2 aromatic rings. The van der Waals surface area contributed by atoms with Crippen LogP contribution in [0.1, 0.15) is 39.5 Å². The van der Waals surface area contributed by atoms with E-state index in [1.165, 1.54) is 0 Å². The summed E-state index contributed by atoms with van der Waals surface area (Å²) in [7, 11) is 0. The van der Waals surface area contributed by atoms with E-state index in [0.717, 1.165) is 16.9 Å². The summed E-state index contributed by atoms with van der Waals surface area (Å²) in [5, 5.41) is 3.37. The maximum atomic E-state index is 6.07. The largest absolute Gasteiger partial charge is 0.356 e. The lowest BCUT2D eigenvalue weighted by Gasteiger charge is -2.30. The van der Waals surface area contributed by atoms with Gasteiger partial charge < -0.3 is 14.8 Å². The van der Waals surface area contributed by atoms with Gasteiger partial charge in [-0.1, -0.05) is 30.3 Å². The van der Waals surface area contributed by atoms with Gasteiger partial charge in [-0.2, -0.15) is 0 Å². The molecule has 0 bridgehead atoms. The van der Waals surface area contributed by atoms with Crippen LogP contribution in [0.15, 0.2) is 54.6 Å². The minimum absolute atomic E-state index is 0.307. The highest BCUT2D eigenvalue weighted by molar-refractivity contribution is 5.59. The van der Waals surface area contributed by atoms with Gasteiger partial charge in [-0.05, 0) is 52.0 Å². The topological polar surface area (TPSA) is 30.5 Å². The molecular weight excluding hydrogens is 274 g/mol. The van der Waals surface area contributed by atoms with E-state index in [2.05, 4.69) is 33.0 Å². The minimum atomic E-state index is -0.309. The van der Waals surface area contributed by atoms with Crippen molar-refractivity contribution in [3.63, 3.8) is 0 Å². The molecule has 1 saturated heterocycles. The number of hydrogen-bond acceptors (Lipinski definition) is 3. The average Bonchev–Trinajstić information content (AvgIpc) is 2.69. The molecule has 1 N–H and O–H groups in total.